The van der Waals surface area contributed by atoms with E-state index >= 15 is 0 Å². The van der Waals surface area contributed by atoms with Crippen molar-refractivity contribution in [3.05, 3.63) is 12.7 Å². The number of nitrogens with zero attached hydrogens (tertiary/aromatic N) is 1. The molecule has 0 radical (unpaired) electrons. The van der Waals surface area contributed by atoms with Gasteiger partial charge in [-0.1, -0.05) is 6.08 Å². The number of hydrogen-bond donors (Lipinski definition) is 3. The van der Waals surface area contributed by atoms with E-state index in [2.05, 4.69) is 6.58 Å². The van der Waals surface area contributed by atoms with Crippen molar-refractivity contribution >= 4 is 23.6 Å². The van der Waals surface area contributed by atoms with Gasteiger partial charge in [-0.15, -0.1) is 18.3 Å². The lowest BCUT2D eigenvalue weighted by molar-refractivity contribution is -0.167. The van der Waals surface area contributed by atoms with Crippen molar-refractivity contribution in [3.63, 3.8) is 0 Å². The second-order valence-electron chi connectivity index (χ2n) is 4.60. The van der Waals surface area contributed by atoms with Crippen LogP contribution in [0.1, 0.15) is 6.92 Å². The van der Waals surface area contributed by atoms with Crippen LogP contribution in [0.25, 0.3) is 0 Å². The molecule has 2 saturated heterocycles. The molecule has 2 fully saturated rings. The highest BCUT2D eigenvalue weighted by atomic mass is 32.2. The van der Waals surface area contributed by atoms with E-state index in [4.69, 9.17) is 5.73 Å². The number of β-lactam (4-membered cyclic amide) rings is 1. The summed E-state index contributed by atoms with van der Waals surface area (Å²) in [6, 6.07) is -1.43. The van der Waals surface area contributed by atoms with E-state index in [9.17, 15) is 19.8 Å². The van der Waals surface area contributed by atoms with Gasteiger partial charge in [0.05, 0.1) is 22.6 Å². The minimum atomic E-state index is -1.07. The number of hydrogen-bond acceptors (Lipinski definition) is 5. The minimum Gasteiger partial charge on any atom is -0.480 e. The molecule has 1 amide bonds. The van der Waals surface area contributed by atoms with Crippen LogP contribution in [-0.2, 0) is 9.59 Å². The van der Waals surface area contributed by atoms with Crippen LogP contribution < -0.4 is 5.73 Å². The lowest BCUT2D eigenvalue weighted by Crippen LogP contribution is -2.65. The Morgan fingerprint density at radius 3 is 2.72 bits per heavy atom. The second kappa shape index (κ2) is 4.56. The Hall–Kier alpha value is -1.05. The number of carboxylic acids is 1. The first-order valence-corrected chi connectivity index (χ1v) is 6.61. The number of rotatable bonds is 4. The third-order valence-electron chi connectivity index (χ3n) is 3.45. The molecule has 7 heteroatoms. The van der Waals surface area contributed by atoms with Crippen LogP contribution in [0.5, 0.6) is 0 Å². The summed E-state index contributed by atoms with van der Waals surface area (Å²) in [5.74, 6) is -1.91. The molecular formula is C11H16N2O4S. The summed E-state index contributed by atoms with van der Waals surface area (Å²) < 4.78 is 0. The van der Waals surface area contributed by atoms with Gasteiger partial charge in [-0.25, -0.2) is 4.79 Å². The number of nitrogens with two attached hydrogens (primary N) is 1. The maximum absolute atomic E-state index is 11.9. The number of aliphatic hydroxyl groups is 1. The molecule has 2 aliphatic rings. The van der Waals surface area contributed by atoms with Crippen molar-refractivity contribution in [2.75, 3.05) is 0 Å². The summed E-state index contributed by atoms with van der Waals surface area (Å²) in [5, 5.41) is 18.1. The normalized spacial score (nSPS) is 37.7. The summed E-state index contributed by atoms with van der Waals surface area (Å²) in [6.45, 7) is 5.10. The molecule has 4 N–H and O–H groups in total. The van der Waals surface area contributed by atoms with Gasteiger partial charge in [-0.2, -0.15) is 0 Å². The largest absolute Gasteiger partial charge is 0.480 e. The summed E-state index contributed by atoms with van der Waals surface area (Å²) in [7, 11) is 0. The Bertz CT molecular complexity index is 401. The number of carboxylic acid groups (broad SMARTS) is 1. The number of aliphatic carboxylic acids is 1. The average Bonchev–Trinajstić information content (AvgIpc) is 2.62. The number of carbonyl (C=O) groups is 2. The molecule has 0 aromatic heterocycles. The molecule has 0 aliphatic carbocycles. The second-order valence-corrected chi connectivity index (χ2v) is 5.90. The first kappa shape index (κ1) is 13.4. The van der Waals surface area contributed by atoms with Gasteiger partial charge in [0, 0.05) is 6.04 Å². The zero-order valence-electron chi connectivity index (χ0n) is 9.89. The van der Waals surface area contributed by atoms with Gasteiger partial charge in [0.2, 0.25) is 5.91 Å². The van der Waals surface area contributed by atoms with E-state index in [-0.39, 0.29) is 11.3 Å². The third-order valence-corrected chi connectivity index (χ3v) is 5.14. The van der Waals surface area contributed by atoms with Crippen LogP contribution in [-0.4, -0.2) is 55.8 Å². The van der Waals surface area contributed by atoms with Gasteiger partial charge in [-0.05, 0) is 6.92 Å². The van der Waals surface area contributed by atoms with Gasteiger partial charge in [0.25, 0.3) is 0 Å². The van der Waals surface area contributed by atoms with Crippen LogP contribution in [0.4, 0.5) is 0 Å². The summed E-state index contributed by atoms with van der Waals surface area (Å²) in [5.41, 5.74) is 5.82. The smallest absolute Gasteiger partial charge is 0.327 e. The standard InChI is InChI=1S/C11H16N2O4S/c1-3-5(12)8-7(11(16)17)13-9(15)6(4(2)14)10(13)18-8/h3-8,10,14H,1,12H2,2H3,(H,16,17)/t4?,5-,6?,7?,8?,10+/m1/s1. The van der Waals surface area contributed by atoms with E-state index in [0.29, 0.717) is 0 Å². The van der Waals surface area contributed by atoms with Gasteiger partial charge in [0.1, 0.15) is 6.04 Å². The Morgan fingerprint density at radius 1 is 1.67 bits per heavy atom. The Labute approximate surface area is 109 Å². The van der Waals surface area contributed by atoms with Crippen molar-refractivity contribution in [2.24, 2.45) is 11.7 Å². The number of fused-ring (bicyclic) bond motifs is 1. The van der Waals surface area contributed by atoms with Crippen LogP contribution in [0, 0.1) is 5.92 Å². The van der Waals surface area contributed by atoms with Crippen LogP contribution in [0.15, 0.2) is 12.7 Å². The average molecular weight is 272 g/mol. The van der Waals surface area contributed by atoms with Gasteiger partial charge >= 0.3 is 5.97 Å². The predicted molar refractivity (Wildman–Crippen MR) is 66.8 cm³/mol. The SMILES string of the molecule is C=C[C@@H](N)C1S[C@H]2C(C(C)O)C(=O)N2C1C(=O)O. The van der Waals surface area contributed by atoms with Gasteiger partial charge < -0.3 is 20.8 Å². The van der Waals surface area contributed by atoms with Crippen molar-refractivity contribution in [3.8, 4) is 0 Å². The quantitative estimate of drug-likeness (QED) is 0.459. The molecule has 0 spiro atoms. The molecule has 2 aliphatic heterocycles. The molecule has 4 unspecified atom stereocenters. The van der Waals surface area contributed by atoms with E-state index in [1.54, 1.807) is 0 Å². The van der Waals surface area contributed by atoms with Gasteiger partial charge in [0.15, 0.2) is 0 Å². The van der Waals surface area contributed by atoms with Crippen LogP contribution in [0.3, 0.4) is 0 Å². The van der Waals surface area contributed by atoms with Crippen molar-refractivity contribution in [1.29, 1.82) is 0 Å². The van der Waals surface area contributed by atoms with Crippen molar-refractivity contribution in [2.45, 2.75) is 35.7 Å². The molecule has 0 saturated carbocycles. The van der Waals surface area contributed by atoms with E-state index in [0.717, 1.165) is 0 Å². The molecule has 0 bridgehead atoms. The summed E-state index contributed by atoms with van der Waals surface area (Å²) in [4.78, 5) is 24.5. The number of carbonyl (C=O) groups excluding carboxylic acids is 1. The lowest BCUT2D eigenvalue weighted by Gasteiger charge is -2.44. The van der Waals surface area contributed by atoms with E-state index in [1.165, 1.54) is 29.7 Å². The molecule has 2 heterocycles. The molecule has 6 atom stereocenters. The fourth-order valence-corrected chi connectivity index (χ4v) is 4.38. The molecule has 0 aromatic carbocycles. The highest BCUT2D eigenvalue weighted by Gasteiger charge is 2.62. The molecule has 100 valence electrons. The number of aliphatic hydroxyl groups excluding tert-OH is 1. The summed E-state index contributed by atoms with van der Waals surface area (Å²) in [6.07, 6.45) is 0.709. The number of thioether (sulfide) groups is 1. The zero-order chi connectivity index (χ0) is 13.6. The number of amides is 1. The highest BCUT2D eigenvalue weighted by molar-refractivity contribution is 8.01. The summed E-state index contributed by atoms with van der Waals surface area (Å²) >= 11 is 1.34. The maximum atomic E-state index is 11.9. The lowest BCUT2D eigenvalue weighted by atomic mass is 9.90. The monoisotopic (exact) mass is 272 g/mol. The third kappa shape index (κ3) is 1.73. The maximum Gasteiger partial charge on any atom is 0.327 e. The van der Waals surface area contributed by atoms with Crippen molar-refractivity contribution < 1.29 is 19.8 Å². The fourth-order valence-electron chi connectivity index (χ4n) is 2.49. The molecule has 6 nitrogen and oxygen atoms in total. The Balaban J connectivity index is 2.25. The first-order chi connectivity index (χ1) is 8.40. The zero-order valence-corrected chi connectivity index (χ0v) is 10.7. The highest BCUT2D eigenvalue weighted by Crippen LogP contribution is 2.49. The molecule has 18 heavy (non-hydrogen) atoms. The molecular weight excluding hydrogens is 256 g/mol. The van der Waals surface area contributed by atoms with Crippen LogP contribution >= 0.6 is 11.8 Å². The topological polar surface area (TPSA) is 104 Å². The fraction of sp³-hybridized carbons (Fsp3) is 0.636. The Morgan fingerprint density at radius 2 is 2.28 bits per heavy atom. The predicted octanol–water partition coefficient (Wildman–Crippen LogP) is -0.766. The van der Waals surface area contributed by atoms with E-state index < -0.39 is 35.3 Å². The first-order valence-electron chi connectivity index (χ1n) is 5.66. The Kier molecular flexibility index (Phi) is 3.39. The van der Waals surface area contributed by atoms with Crippen LogP contribution in [0.2, 0.25) is 0 Å². The minimum absolute atomic E-state index is 0.297. The molecule has 0 aromatic rings. The van der Waals surface area contributed by atoms with E-state index in [1.807, 2.05) is 0 Å². The molecule has 2 rings (SSSR count). The van der Waals surface area contributed by atoms with Gasteiger partial charge in [-0.3, -0.25) is 4.79 Å². The van der Waals surface area contributed by atoms with Crippen molar-refractivity contribution in [1.82, 2.24) is 4.90 Å².